The van der Waals surface area contributed by atoms with Crippen molar-refractivity contribution in [3.8, 4) is 22.3 Å². The zero-order chi connectivity index (χ0) is 26.7. The second-order valence-corrected chi connectivity index (χ2v) is 12.1. The van der Waals surface area contributed by atoms with Crippen LogP contribution in [0.25, 0.3) is 22.3 Å². The SMILES string of the molecule is CC12CC3(C)OC(C)(CC(C)(O1)C3(CP)[c-]1ccc(-c3ccccc3)c1-c1ccccc1)O2.[Fe+2].c1cc[cH-]c1. The number of hydrogen-bond acceptors (Lipinski definition) is 3. The fourth-order valence-electron chi connectivity index (χ4n) is 7.97. The first-order chi connectivity index (χ1) is 18.2. The van der Waals surface area contributed by atoms with Crippen LogP contribution in [0.2, 0.25) is 0 Å². The quantitative estimate of drug-likeness (QED) is 0.139. The van der Waals surface area contributed by atoms with Gasteiger partial charge in [0.25, 0.3) is 0 Å². The molecule has 4 saturated heterocycles. The van der Waals surface area contributed by atoms with Gasteiger partial charge in [0.05, 0.1) is 11.2 Å². The van der Waals surface area contributed by atoms with Crippen LogP contribution in [0.15, 0.2) is 103 Å². The summed E-state index contributed by atoms with van der Waals surface area (Å²) in [5.41, 5.74) is 5.06. The molecule has 39 heavy (non-hydrogen) atoms. The molecule has 8 rings (SSSR count). The number of hydrogen-bond donors (Lipinski definition) is 0. The summed E-state index contributed by atoms with van der Waals surface area (Å²) < 4.78 is 20.1. The minimum Gasteiger partial charge on any atom is -0.343 e. The molecule has 0 spiro atoms. The molecule has 0 aliphatic carbocycles. The summed E-state index contributed by atoms with van der Waals surface area (Å²) in [6.45, 7) is 8.71. The molecule has 5 unspecified atom stereocenters. The van der Waals surface area contributed by atoms with Gasteiger partial charge < -0.3 is 14.2 Å². The maximum Gasteiger partial charge on any atom is 2.00 e. The fraction of sp³-hybridized carbons (Fsp3) is 0.353. The Kier molecular flexibility index (Phi) is 7.39. The topological polar surface area (TPSA) is 27.7 Å². The van der Waals surface area contributed by atoms with Crippen molar-refractivity contribution in [1.29, 1.82) is 0 Å². The molecular formula is C34H37FeO3P. The summed E-state index contributed by atoms with van der Waals surface area (Å²) in [6.07, 6.45) is 2.23. The average molecular weight is 580 g/mol. The van der Waals surface area contributed by atoms with Crippen LogP contribution in [-0.2, 0) is 36.7 Å². The van der Waals surface area contributed by atoms with Crippen LogP contribution in [0.1, 0.15) is 46.1 Å². The molecule has 0 saturated carbocycles. The molecule has 0 aromatic heterocycles. The first kappa shape index (κ1) is 28.5. The summed E-state index contributed by atoms with van der Waals surface area (Å²) >= 11 is 0. The van der Waals surface area contributed by atoms with Crippen molar-refractivity contribution in [1.82, 2.24) is 0 Å². The first-order valence-electron chi connectivity index (χ1n) is 13.5. The van der Waals surface area contributed by atoms with Crippen molar-refractivity contribution in [2.24, 2.45) is 0 Å². The summed E-state index contributed by atoms with van der Waals surface area (Å²) in [5, 5.41) is 0. The van der Waals surface area contributed by atoms with Gasteiger partial charge in [0.15, 0.2) is 11.6 Å². The van der Waals surface area contributed by atoms with Crippen LogP contribution in [0.4, 0.5) is 0 Å². The van der Waals surface area contributed by atoms with Gasteiger partial charge in [-0.15, -0.1) is 32.0 Å². The molecule has 3 nitrogen and oxygen atoms in total. The predicted octanol–water partition coefficient (Wildman–Crippen LogP) is 8.08. The van der Waals surface area contributed by atoms with Crippen LogP contribution >= 0.6 is 9.24 Å². The second-order valence-electron chi connectivity index (χ2n) is 11.7. The molecule has 0 N–H and O–H groups in total. The smallest absolute Gasteiger partial charge is 0.343 e. The van der Waals surface area contributed by atoms with Crippen molar-refractivity contribution < 1.29 is 31.3 Å². The monoisotopic (exact) mass is 580 g/mol. The van der Waals surface area contributed by atoms with E-state index < -0.39 is 22.8 Å². The van der Waals surface area contributed by atoms with Crippen LogP contribution in [-0.4, -0.2) is 28.9 Å². The largest absolute Gasteiger partial charge is 2.00 e. The maximum absolute atomic E-state index is 6.88. The Morgan fingerprint density at radius 3 is 1.69 bits per heavy atom. The van der Waals surface area contributed by atoms with E-state index in [0.29, 0.717) is 12.8 Å². The van der Waals surface area contributed by atoms with Crippen molar-refractivity contribution >= 4 is 9.24 Å². The zero-order valence-electron chi connectivity index (χ0n) is 23.1. The molecule has 4 aliphatic heterocycles. The van der Waals surface area contributed by atoms with Crippen LogP contribution in [0, 0.1) is 0 Å². The Hall–Kier alpha value is -2.03. The minimum absolute atomic E-state index is 0. The Labute approximate surface area is 245 Å². The molecule has 4 aromatic carbocycles. The molecule has 4 fully saturated rings. The third kappa shape index (κ3) is 4.41. The predicted molar refractivity (Wildman–Crippen MR) is 157 cm³/mol. The number of benzene rings is 2. The third-order valence-corrected chi connectivity index (χ3v) is 9.47. The summed E-state index contributed by atoms with van der Waals surface area (Å²) in [6, 6.07) is 36.1. The van der Waals surface area contributed by atoms with Gasteiger partial charge >= 0.3 is 17.1 Å². The first-order valence-corrected chi connectivity index (χ1v) is 14.4. The van der Waals surface area contributed by atoms with Gasteiger partial charge in [-0.25, -0.2) is 12.1 Å². The van der Waals surface area contributed by atoms with Gasteiger partial charge in [0.2, 0.25) is 0 Å². The molecule has 0 radical (unpaired) electrons. The van der Waals surface area contributed by atoms with Crippen LogP contribution < -0.4 is 0 Å². The molecule has 5 heteroatoms. The molecule has 5 atom stereocenters. The van der Waals surface area contributed by atoms with E-state index in [2.05, 4.69) is 110 Å². The Balaban J connectivity index is 0.000000464. The zero-order valence-corrected chi connectivity index (χ0v) is 25.4. The van der Waals surface area contributed by atoms with Crippen molar-refractivity contribution in [3.05, 3.63) is 109 Å². The van der Waals surface area contributed by atoms with E-state index in [1.54, 1.807) is 0 Å². The van der Waals surface area contributed by atoms with E-state index in [1.165, 1.54) is 27.8 Å². The average Bonchev–Trinajstić information content (AvgIpc) is 3.57. The molecule has 204 valence electrons. The van der Waals surface area contributed by atoms with Gasteiger partial charge in [-0.3, -0.25) is 0 Å². The molecule has 4 aliphatic rings. The molecule has 4 heterocycles. The Morgan fingerprint density at radius 2 is 1.23 bits per heavy atom. The van der Waals surface area contributed by atoms with Crippen molar-refractivity contribution in [3.63, 3.8) is 0 Å². The van der Waals surface area contributed by atoms with Crippen LogP contribution in [0.5, 0.6) is 0 Å². The molecule has 4 bridgehead atoms. The van der Waals surface area contributed by atoms with Crippen molar-refractivity contribution in [2.45, 2.75) is 68.7 Å². The minimum atomic E-state index is -0.639. The Morgan fingerprint density at radius 1 is 0.718 bits per heavy atom. The van der Waals surface area contributed by atoms with E-state index in [1.807, 2.05) is 30.3 Å². The second kappa shape index (κ2) is 10.1. The van der Waals surface area contributed by atoms with E-state index >= 15 is 0 Å². The van der Waals surface area contributed by atoms with E-state index in [-0.39, 0.29) is 22.5 Å². The van der Waals surface area contributed by atoms with Gasteiger partial charge in [-0.2, -0.15) is 24.3 Å². The summed E-state index contributed by atoms with van der Waals surface area (Å²) in [5.74, 6) is -1.28. The molecule has 0 amide bonds. The maximum atomic E-state index is 6.88. The van der Waals surface area contributed by atoms with Crippen molar-refractivity contribution in [2.75, 3.05) is 6.16 Å². The fourth-order valence-corrected chi connectivity index (χ4v) is 9.05. The van der Waals surface area contributed by atoms with Gasteiger partial charge in [0, 0.05) is 18.3 Å². The molecular weight excluding hydrogens is 543 g/mol. The number of rotatable bonds is 4. The van der Waals surface area contributed by atoms with Gasteiger partial charge in [0.1, 0.15) is 0 Å². The standard InChI is InChI=1S/C29H32O3P.C5H5.Fe/c1-25-17-27(3)31-26(2,18-28(4,30-25)32-27)29(25,19-33)23-16-15-22(20-11-7-5-8-12-20)24(23)21-13-9-6-10-14-21;1-2-4-5-3-1;/h5-16H,17-19,33H2,1-4H3;1-5H;/q2*-1;+2. The van der Waals surface area contributed by atoms with Crippen LogP contribution in [0.3, 0.4) is 0 Å². The van der Waals surface area contributed by atoms with Gasteiger partial charge in [-0.05, 0) is 33.9 Å². The normalized spacial score (nSPS) is 34.2. The summed E-state index contributed by atoms with van der Waals surface area (Å²) in [7, 11) is 3.04. The van der Waals surface area contributed by atoms with Gasteiger partial charge in [-0.1, -0.05) is 71.8 Å². The third-order valence-electron chi connectivity index (χ3n) is 8.86. The van der Waals surface area contributed by atoms with E-state index in [0.717, 1.165) is 6.16 Å². The Bertz CT molecular complexity index is 1330. The van der Waals surface area contributed by atoms with E-state index in [4.69, 9.17) is 14.2 Å². The molecule has 4 aromatic rings. The number of ether oxygens (including phenoxy) is 3. The van der Waals surface area contributed by atoms with E-state index in [9.17, 15) is 0 Å². The summed E-state index contributed by atoms with van der Waals surface area (Å²) in [4.78, 5) is 0.